The summed E-state index contributed by atoms with van der Waals surface area (Å²) in [5.74, 6) is -0.157. The van der Waals surface area contributed by atoms with Crippen molar-refractivity contribution < 1.29 is 9.59 Å². The third-order valence-electron chi connectivity index (χ3n) is 5.59. The highest BCUT2D eigenvalue weighted by Crippen LogP contribution is 2.46. The summed E-state index contributed by atoms with van der Waals surface area (Å²) in [5.41, 5.74) is 4.88. The van der Waals surface area contributed by atoms with Gasteiger partial charge in [0.15, 0.2) is 0 Å². The summed E-state index contributed by atoms with van der Waals surface area (Å²) in [5, 5.41) is 4.13. The molecule has 2 amide bonds. The molecule has 136 valence electrons. The van der Waals surface area contributed by atoms with Crippen molar-refractivity contribution >= 4 is 22.7 Å². The molecule has 2 unspecified atom stereocenters. The third-order valence-corrected chi connectivity index (χ3v) is 5.59. The molecule has 5 nitrogen and oxygen atoms in total. The molecular weight excluding hydrogens is 338 g/mol. The van der Waals surface area contributed by atoms with Crippen molar-refractivity contribution in [3.63, 3.8) is 0 Å². The molecule has 0 saturated carbocycles. The summed E-state index contributed by atoms with van der Waals surface area (Å²) < 4.78 is 0. The molecule has 5 heteroatoms. The Hall–Kier alpha value is -3.08. The van der Waals surface area contributed by atoms with E-state index in [-0.39, 0.29) is 23.9 Å². The summed E-state index contributed by atoms with van der Waals surface area (Å²) in [6.07, 6.45) is 0.522. The number of benzene rings is 2. The predicted octanol–water partition coefficient (Wildman–Crippen LogP) is 3.16. The highest BCUT2D eigenvalue weighted by molar-refractivity contribution is 6.03. The molecule has 0 aliphatic carbocycles. The first-order valence-corrected chi connectivity index (χ1v) is 9.37. The quantitative estimate of drug-likeness (QED) is 0.738. The van der Waals surface area contributed by atoms with Gasteiger partial charge in [-0.3, -0.25) is 9.59 Å². The maximum Gasteiger partial charge on any atom is 0.255 e. The van der Waals surface area contributed by atoms with E-state index in [2.05, 4.69) is 16.4 Å². The van der Waals surface area contributed by atoms with Gasteiger partial charge in [0.25, 0.3) is 5.91 Å². The van der Waals surface area contributed by atoms with Gasteiger partial charge in [0, 0.05) is 34.6 Å². The Bertz CT molecular complexity index is 1080. The second-order valence-electron chi connectivity index (χ2n) is 7.65. The lowest BCUT2D eigenvalue weighted by Crippen LogP contribution is -2.53. The summed E-state index contributed by atoms with van der Waals surface area (Å²) in [6.45, 7) is 3.88. The summed E-state index contributed by atoms with van der Waals surface area (Å²) in [4.78, 5) is 31.5. The van der Waals surface area contributed by atoms with Gasteiger partial charge in [-0.15, -0.1) is 0 Å². The monoisotopic (exact) mass is 359 g/mol. The number of aromatic amines is 1. The van der Waals surface area contributed by atoms with E-state index in [4.69, 9.17) is 0 Å². The normalized spacial score (nSPS) is 20.6. The SMILES string of the molecule is CC(C)NC(=O)C1Cc2c([nH]c3ccccc23)C2c3ccccc3C(=O)N12. The molecule has 0 fully saturated rings. The summed E-state index contributed by atoms with van der Waals surface area (Å²) in [7, 11) is 0. The van der Waals surface area contributed by atoms with Crippen LogP contribution in [0, 0.1) is 0 Å². The fourth-order valence-corrected chi connectivity index (χ4v) is 4.52. The zero-order chi connectivity index (χ0) is 18.7. The first-order chi connectivity index (χ1) is 13.1. The lowest BCUT2D eigenvalue weighted by atomic mass is 9.90. The van der Waals surface area contributed by atoms with Crippen LogP contribution in [0.1, 0.15) is 47.1 Å². The Morgan fingerprint density at radius 1 is 1.15 bits per heavy atom. The summed E-state index contributed by atoms with van der Waals surface area (Å²) >= 11 is 0. The minimum absolute atomic E-state index is 0.0281. The number of H-pyrrole nitrogens is 1. The van der Waals surface area contributed by atoms with Crippen LogP contribution in [-0.4, -0.2) is 33.8 Å². The molecule has 2 N–H and O–H groups in total. The van der Waals surface area contributed by atoms with Crippen molar-refractivity contribution in [1.29, 1.82) is 0 Å². The second-order valence-corrected chi connectivity index (χ2v) is 7.65. The molecule has 3 aromatic rings. The van der Waals surface area contributed by atoms with Gasteiger partial charge in [0.2, 0.25) is 5.91 Å². The van der Waals surface area contributed by atoms with E-state index in [0.717, 1.165) is 27.7 Å². The zero-order valence-electron chi connectivity index (χ0n) is 15.3. The van der Waals surface area contributed by atoms with Crippen molar-refractivity contribution in [1.82, 2.24) is 15.2 Å². The zero-order valence-corrected chi connectivity index (χ0v) is 15.3. The molecule has 1 aromatic heterocycles. The number of amides is 2. The summed E-state index contributed by atoms with van der Waals surface area (Å²) in [6, 6.07) is 15.1. The standard InChI is InChI=1S/C22H21N3O2/c1-12(2)23-21(26)18-11-16-13-7-5-6-10-17(13)24-19(16)20-14-8-3-4-9-15(14)22(27)25(18)20/h3-10,12,18,20,24H,11H2,1-2H3,(H,23,26). The Labute approximate surface area is 157 Å². The number of rotatable bonds is 2. The highest BCUT2D eigenvalue weighted by Gasteiger charge is 2.48. The maximum atomic E-state index is 13.2. The molecule has 5 rings (SSSR count). The predicted molar refractivity (Wildman–Crippen MR) is 104 cm³/mol. The molecule has 0 bridgehead atoms. The van der Waals surface area contributed by atoms with Gasteiger partial charge in [-0.2, -0.15) is 0 Å². The molecule has 2 aliphatic heterocycles. The fraction of sp³-hybridized carbons (Fsp3) is 0.273. The molecule has 2 aliphatic rings. The molecule has 2 atom stereocenters. The minimum Gasteiger partial charge on any atom is -0.356 e. The van der Waals surface area contributed by atoms with Crippen LogP contribution >= 0.6 is 0 Å². The number of hydrogen-bond acceptors (Lipinski definition) is 2. The van der Waals surface area contributed by atoms with Crippen molar-refractivity contribution in [2.24, 2.45) is 0 Å². The maximum absolute atomic E-state index is 13.2. The van der Waals surface area contributed by atoms with Gasteiger partial charge >= 0.3 is 0 Å². The van der Waals surface area contributed by atoms with Gasteiger partial charge in [0.1, 0.15) is 6.04 Å². The van der Waals surface area contributed by atoms with Crippen LogP contribution in [0.15, 0.2) is 48.5 Å². The van der Waals surface area contributed by atoms with Crippen LogP contribution in [0.3, 0.4) is 0 Å². The lowest BCUT2D eigenvalue weighted by molar-refractivity contribution is -0.126. The average Bonchev–Trinajstić information content (AvgIpc) is 3.17. The Morgan fingerprint density at radius 2 is 1.89 bits per heavy atom. The Balaban J connectivity index is 1.73. The molecule has 0 radical (unpaired) electrons. The Kier molecular flexibility index (Phi) is 3.41. The smallest absolute Gasteiger partial charge is 0.255 e. The molecule has 2 aromatic carbocycles. The van der Waals surface area contributed by atoms with Crippen molar-refractivity contribution in [2.75, 3.05) is 0 Å². The van der Waals surface area contributed by atoms with E-state index in [9.17, 15) is 9.59 Å². The van der Waals surface area contributed by atoms with Gasteiger partial charge in [-0.1, -0.05) is 36.4 Å². The molecule has 0 saturated heterocycles. The Morgan fingerprint density at radius 3 is 2.70 bits per heavy atom. The van der Waals surface area contributed by atoms with Crippen LogP contribution in [0.25, 0.3) is 10.9 Å². The van der Waals surface area contributed by atoms with E-state index in [0.29, 0.717) is 12.0 Å². The van der Waals surface area contributed by atoms with Gasteiger partial charge < -0.3 is 15.2 Å². The van der Waals surface area contributed by atoms with Crippen molar-refractivity contribution in [3.05, 3.63) is 70.9 Å². The second kappa shape index (κ2) is 5.71. The van der Waals surface area contributed by atoms with Crippen LogP contribution < -0.4 is 5.32 Å². The molecule has 3 heterocycles. The van der Waals surface area contributed by atoms with Crippen LogP contribution in [-0.2, 0) is 11.2 Å². The van der Waals surface area contributed by atoms with Crippen LogP contribution in [0.2, 0.25) is 0 Å². The van der Waals surface area contributed by atoms with E-state index >= 15 is 0 Å². The van der Waals surface area contributed by atoms with E-state index in [1.807, 2.05) is 56.3 Å². The number of hydrogen-bond donors (Lipinski definition) is 2. The van der Waals surface area contributed by atoms with Gasteiger partial charge in [0.05, 0.1) is 6.04 Å². The molecule has 27 heavy (non-hydrogen) atoms. The van der Waals surface area contributed by atoms with E-state index in [1.165, 1.54) is 0 Å². The number of nitrogens with zero attached hydrogens (tertiary/aromatic N) is 1. The van der Waals surface area contributed by atoms with E-state index in [1.54, 1.807) is 4.90 Å². The fourth-order valence-electron chi connectivity index (χ4n) is 4.52. The van der Waals surface area contributed by atoms with Gasteiger partial charge in [-0.05, 0) is 37.1 Å². The van der Waals surface area contributed by atoms with E-state index < -0.39 is 6.04 Å². The first kappa shape index (κ1) is 16.1. The molecular formula is C22H21N3O2. The largest absolute Gasteiger partial charge is 0.356 e. The highest BCUT2D eigenvalue weighted by atomic mass is 16.2. The van der Waals surface area contributed by atoms with Crippen LogP contribution in [0.5, 0.6) is 0 Å². The number of fused-ring (bicyclic) bond motifs is 7. The van der Waals surface area contributed by atoms with Crippen LogP contribution in [0.4, 0.5) is 0 Å². The van der Waals surface area contributed by atoms with Gasteiger partial charge in [-0.25, -0.2) is 0 Å². The molecule has 0 spiro atoms. The number of carbonyl (C=O) groups excluding carboxylic acids is 2. The number of para-hydroxylation sites is 1. The minimum atomic E-state index is -0.510. The lowest BCUT2D eigenvalue weighted by Gasteiger charge is -2.37. The third kappa shape index (κ3) is 2.24. The number of nitrogens with one attached hydrogen (secondary N) is 2. The van der Waals surface area contributed by atoms with Crippen molar-refractivity contribution in [3.8, 4) is 0 Å². The topological polar surface area (TPSA) is 65.2 Å². The van der Waals surface area contributed by atoms with Crippen molar-refractivity contribution in [2.45, 2.75) is 38.4 Å². The number of aromatic nitrogens is 1. The average molecular weight is 359 g/mol. The first-order valence-electron chi connectivity index (χ1n) is 9.37. The number of carbonyl (C=O) groups is 2.